The van der Waals surface area contributed by atoms with Crippen molar-refractivity contribution in [2.24, 2.45) is 0 Å². The van der Waals surface area contributed by atoms with Gasteiger partial charge in [0.05, 0.1) is 13.2 Å². The first kappa shape index (κ1) is 9.48. The lowest BCUT2D eigenvalue weighted by atomic mass is 10.0. The van der Waals surface area contributed by atoms with Crippen molar-refractivity contribution in [1.82, 2.24) is 5.32 Å². The summed E-state index contributed by atoms with van der Waals surface area (Å²) in [6, 6.07) is 0. The van der Waals surface area contributed by atoms with Crippen molar-refractivity contribution in [3.63, 3.8) is 0 Å². The van der Waals surface area contributed by atoms with Gasteiger partial charge in [-0.05, 0) is 13.3 Å². The van der Waals surface area contributed by atoms with Crippen LogP contribution in [-0.2, 0) is 0 Å². The van der Waals surface area contributed by atoms with Crippen LogP contribution in [0, 0.1) is 12.3 Å². The number of hydrogen-bond donors (Lipinski definition) is 2. The van der Waals surface area contributed by atoms with Crippen molar-refractivity contribution in [1.29, 1.82) is 0 Å². The van der Waals surface area contributed by atoms with E-state index >= 15 is 0 Å². The predicted molar refractivity (Wildman–Crippen MR) is 42.6 cm³/mol. The Bertz CT molecular complexity index is 122. The molecule has 0 aliphatic carbocycles. The first-order chi connectivity index (χ1) is 4.68. The maximum atomic E-state index is 8.88. The summed E-state index contributed by atoms with van der Waals surface area (Å²) in [6.45, 7) is 4.61. The second-order valence-electron chi connectivity index (χ2n) is 2.63. The Morgan fingerprint density at radius 1 is 1.70 bits per heavy atom. The molecule has 2 N–H and O–H groups in total. The largest absolute Gasteiger partial charge is 0.394 e. The Hall–Kier alpha value is -0.520. The minimum atomic E-state index is -0.202. The zero-order valence-corrected chi connectivity index (χ0v) is 6.65. The number of terminal acetylenes is 1. The predicted octanol–water partition coefficient (Wildman–Crippen LogP) is 0.370. The van der Waals surface area contributed by atoms with E-state index in [2.05, 4.69) is 11.2 Å². The topological polar surface area (TPSA) is 32.3 Å². The molecular weight excluding hydrogens is 126 g/mol. The molecule has 0 aromatic rings. The maximum absolute atomic E-state index is 8.88. The van der Waals surface area contributed by atoms with Gasteiger partial charge in [0.15, 0.2) is 0 Å². The van der Waals surface area contributed by atoms with E-state index in [9.17, 15) is 0 Å². The molecule has 0 rings (SSSR count). The van der Waals surface area contributed by atoms with E-state index < -0.39 is 0 Å². The van der Waals surface area contributed by atoms with Gasteiger partial charge < -0.3 is 5.11 Å². The molecule has 0 aliphatic heterocycles. The molecule has 0 bridgehead atoms. The van der Waals surface area contributed by atoms with Crippen LogP contribution in [0.1, 0.15) is 20.3 Å². The molecule has 0 amide bonds. The lowest BCUT2D eigenvalue weighted by Gasteiger charge is -2.25. The van der Waals surface area contributed by atoms with Crippen LogP contribution in [0.3, 0.4) is 0 Å². The van der Waals surface area contributed by atoms with Crippen molar-refractivity contribution in [3.05, 3.63) is 0 Å². The number of hydrogen-bond acceptors (Lipinski definition) is 2. The van der Waals surface area contributed by atoms with Gasteiger partial charge in [0.2, 0.25) is 0 Å². The van der Waals surface area contributed by atoms with Crippen LogP contribution in [-0.4, -0.2) is 23.8 Å². The summed E-state index contributed by atoms with van der Waals surface area (Å²) >= 11 is 0. The molecule has 2 nitrogen and oxygen atoms in total. The molecule has 1 atom stereocenters. The van der Waals surface area contributed by atoms with E-state index in [-0.39, 0.29) is 12.1 Å². The number of aliphatic hydroxyl groups is 1. The van der Waals surface area contributed by atoms with Crippen LogP contribution in [0.2, 0.25) is 0 Å². The molecular formula is C8H15NO. The van der Waals surface area contributed by atoms with Gasteiger partial charge in [-0.3, -0.25) is 5.32 Å². The van der Waals surface area contributed by atoms with E-state index in [0.717, 1.165) is 6.42 Å². The quantitative estimate of drug-likeness (QED) is 0.554. The fourth-order valence-corrected chi connectivity index (χ4v) is 0.557. The van der Waals surface area contributed by atoms with E-state index in [0.29, 0.717) is 6.54 Å². The zero-order valence-electron chi connectivity index (χ0n) is 6.65. The Morgan fingerprint density at radius 2 is 2.30 bits per heavy atom. The Labute approximate surface area is 62.6 Å². The van der Waals surface area contributed by atoms with E-state index in [1.807, 2.05) is 13.8 Å². The van der Waals surface area contributed by atoms with Crippen molar-refractivity contribution in [3.8, 4) is 12.3 Å². The fourth-order valence-electron chi connectivity index (χ4n) is 0.557. The molecule has 0 aliphatic rings. The maximum Gasteiger partial charge on any atom is 0.0610 e. The van der Waals surface area contributed by atoms with Crippen molar-refractivity contribution in [2.75, 3.05) is 13.2 Å². The fraction of sp³-hybridized carbons (Fsp3) is 0.750. The van der Waals surface area contributed by atoms with Gasteiger partial charge in [-0.15, -0.1) is 6.42 Å². The van der Waals surface area contributed by atoms with Crippen molar-refractivity contribution >= 4 is 0 Å². The van der Waals surface area contributed by atoms with Gasteiger partial charge in [0.1, 0.15) is 0 Å². The monoisotopic (exact) mass is 141 g/mol. The van der Waals surface area contributed by atoms with Gasteiger partial charge in [-0.1, -0.05) is 12.8 Å². The summed E-state index contributed by atoms with van der Waals surface area (Å²) in [5.41, 5.74) is -0.202. The highest BCUT2D eigenvalue weighted by Crippen LogP contribution is 2.05. The third-order valence-electron chi connectivity index (χ3n) is 1.75. The standard InChI is InChI=1S/C8H15NO/c1-4-6-9-8(3,5-2)7-10/h1,9-10H,5-7H2,2-3H3. The SMILES string of the molecule is C#CCNC(C)(CC)CO. The number of nitrogens with one attached hydrogen (secondary N) is 1. The van der Waals surface area contributed by atoms with Gasteiger partial charge in [0.25, 0.3) is 0 Å². The van der Waals surface area contributed by atoms with Gasteiger partial charge in [0, 0.05) is 5.54 Å². The van der Waals surface area contributed by atoms with Crippen LogP contribution in [0.25, 0.3) is 0 Å². The Balaban J connectivity index is 3.71. The number of rotatable bonds is 4. The summed E-state index contributed by atoms with van der Waals surface area (Å²) < 4.78 is 0. The average molecular weight is 141 g/mol. The van der Waals surface area contributed by atoms with E-state index in [4.69, 9.17) is 11.5 Å². The molecule has 0 radical (unpaired) electrons. The lowest BCUT2D eigenvalue weighted by Crippen LogP contribution is -2.45. The lowest BCUT2D eigenvalue weighted by molar-refractivity contribution is 0.175. The molecule has 0 aromatic heterocycles. The second-order valence-corrected chi connectivity index (χ2v) is 2.63. The highest BCUT2D eigenvalue weighted by atomic mass is 16.3. The molecule has 0 heterocycles. The first-order valence-electron chi connectivity index (χ1n) is 3.48. The minimum Gasteiger partial charge on any atom is -0.394 e. The Morgan fingerprint density at radius 3 is 2.60 bits per heavy atom. The van der Waals surface area contributed by atoms with Crippen LogP contribution in [0.15, 0.2) is 0 Å². The third-order valence-corrected chi connectivity index (χ3v) is 1.75. The van der Waals surface area contributed by atoms with Gasteiger partial charge in [-0.2, -0.15) is 0 Å². The minimum absolute atomic E-state index is 0.130. The molecule has 0 spiro atoms. The first-order valence-corrected chi connectivity index (χ1v) is 3.48. The zero-order chi connectivity index (χ0) is 8.04. The molecule has 0 aromatic carbocycles. The smallest absolute Gasteiger partial charge is 0.0610 e. The average Bonchev–Trinajstić information content (AvgIpc) is 2.00. The summed E-state index contributed by atoms with van der Waals surface area (Å²) in [5.74, 6) is 2.47. The molecule has 0 saturated carbocycles. The van der Waals surface area contributed by atoms with Crippen LogP contribution < -0.4 is 5.32 Å². The third kappa shape index (κ3) is 2.86. The number of aliphatic hydroxyl groups excluding tert-OH is 1. The van der Waals surface area contributed by atoms with Crippen LogP contribution in [0.4, 0.5) is 0 Å². The van der Waals surface area contributed by atoms with Gasteiger partial charge >= 0.3 is 0 Å². The molecule has 2 heteroatoms. The van der Waals surface area contributed by atoms with Crippen LogP contribution in [0.5, 0.6) is 0 Å². The molecule has 10 heavy (non-hydrogen) atoms. The van der Waals surface area contributed by atoms with Crippen molar-refractivity contribution < 1.29 is 5.11 Å². The molecule has 58 valence electrons. The summed E-state index contributed by atoms with van der Waals surface area (Å²) in [7, 11) is 0. The van der Waals surface area contributed by atoms with Crippen molar-refractivity contribution in [2.45, 2.75) is 25.8 Å². The highest BCUT2D eigenvalue weighted by molar-refractivity contribution is 4.92. The summed E-state index contributed by atoms with van der Waals surface area (Å²) in [5, 5.41) is 11.9. The van der Waals surface area contributed by atoms with Gasteiger partial charge in [-0.25, -0.2) is 0 Å². The highest BCUT2D eigenvalue weighted by Gasteiger charge is 2.18. The van der Waals surface area contributed by atoms with Crippen LogP contribution >= 0.6 is 0 Å². The van der Waals surface area contributed by atoms with E-state index in [1.54, 1.807) is 0 Å². The molecule has 0 saturated heterocycles. The molecule has 1 unspecified atom stereocenters. The Kier molecular flexibility index (Phi) is 4.10. The van der Waals surface area contributed by atoms with E-state index in [1.165, 1.54) is 0 Å². The second kappa shape index (κ2) is 4.32. The summed E-state index contributed by atoms with van der Waals surface area (Å²) in [4.78, 5) is 0. The summed E-state index contributed by atoms with van der Waals surface area (Å²) in [6.07, 6.45) is 5.93. The molecule has 0 fully saturated rings. The normalized spacial score (nSPS) is 15.8.